The zero-order valence-corrected chi connectivity index (χ0v) is 19.4. The number of hydrogen-bond acceptors (Lipinski definition) is 6. The fourth-order valence-electron chi connectivity index (χ4n) is 3.08. The van der Waals surface area contributed by atoms with Gasteiger partial charge in [-0.2, -0.15) is 5.26 Å². The molecule has 35 heavy (non-hydrogen) atoms. The van der Waals surface area contributed by atoms with Crippen LogP contribution in [0.5, 0.6) is 17.2 Å². The predicted octanol–water partition coefficient (Wildman–Crippen LogP) is 5.27. The summed E-state index contributed by atoms with van der Waals surface area (Å²) in [5.41, 5.74) is 1.45. The molecule has 0 saturated carbocycles. The highest BCUT2D eigenvalue weighted by Gasteiger charge is 2.15. The Balaban J connectivity index is 1.84. The van der Waals surface area contributed by atoms with E-state index in [0.717, 1.165) is 0 Å². The van der Waals surface area contributed by atoms with Crippen LogP contribution in [0.25, 0.3) is 6.08 Å². The number of carbonyl (C=O) groups is 2. The minimum atomic E-state index is -1.04. The first-order chi connectivity index (χ1) is 16.8. The second kappa shape index (κ2) is 11.6. The number of hydrogen-bond donors (Lipinski definition) is 3. The van der Waals surface area contributed by atoms with Crippen molar-refractivity contribution in [2.45, 2.75) is 13.5 Å². The van der Waals surface area contributed by atoms with Gasteiger partial charge in [-0.1, -0.05) is 23.7 Å². The first kappa shape index (κ1) is 25.1. The molecule has 3 N–H and O–H groups in total. The number of rotatable bonds is 9. The summed E-state index contributed by atoms with van der Waals surface area (Å²) in [7, 11) is 0. The lowest BCUT2D eigenvalue weighted by atomic mass is 10.1. The fourth-order valence-corrected chi connectivity index (χ4v) is 3.36. The van der Waals surface area contributed by atoms with E-state index in [0.29, 0.717) is 29.2 Å². The van der Waals surface area contributed by atoms with Gasteiger partial charge in [-0.25, -0.2) is 4.79 Å². The third-order valence-electron chi connectivity index (χ3n) is 4.69. The van der Waals surface area contributed by atoms with Gasteiger partial charge < -0.3 is 25.0 Å². The number of nitriles is 1. The molecule has 8 nitrogen and oxygen atoms in total. The van der Waals surface area contributed by atoms with Crippen molar-refractivity contribution in [2.75, 3.05) is 11.9 Å². The van der Waals surface area contributed by atoms with E-state index >= 15 is 0 Å². The van der Waals surface area contributed by atoms with Crippen LogP contribution in [0.4, 0.5) is 5.69 Å². The summed E-state index contributed by atoms with van der Waals surface area (Å²) in [6.07, 6.45) is 1.37. The maximum Gasteiger partial charge on any atom is 0.335 e. The van der Waals surface area contributed by atoms with Gasteiger partial charge in [0.2, 0.25) is 0 Å². The Kier molecular flexibility index (Phi) is 8.33. The summed E-state index contributed by atoms with van der Waals surface area (Å²) < 4.78 is 11.5. The van der Waals surface area contributed by atoms with Crippen LogP contribution in [-0.2, 0) is 11.4 Å². The quantitative estimate of drug-likeness (QED) is 0.211. The summed E-state index contributed by atoms with van der Waals surface area (Å²) in [6.45, 7) is 2.14. The predicted molar refractivity (Wildman–Crippen MR) is 131 cm³/mol. The fraction of sp³-hybridized carbons (Fsp3) is 0.115. The molecule has 0 aliphatic heterocycles. The molecule has 3 aromatic carbocycles. The molecule has 3 rings (SSSR count). The monoisotopic (exact) mass is 492 g/mol. The highest BCUT2D eigenvalue weighted by atomic mass is 35.5. The van der Waals surface area contributed by atoms with E-state index in [-0.39, 0.29) is 34.3 Å². The Morgan fingerprint density at radius 1 is 1.11 bits per heavy atom. The van der Waals surface area contributed by atoms with Crippen molar-refractivity contribution < 1.29 is 29.3 Å². The van der Waals surface area contributed by atoms with E-state index in [9.17, 15) is 20.0 Å². The number of anilines is 1. The molecular formula is C26H21ClN2O6. The molecule has 0 spiro atoms. The molecule has 0 aromatic heterocycles. The number of phenols is 1. The van der Waals surface area contributed by atoms with E-state index in [2.05, 4.69) is 5.32 Å². The highest BCUT2D eigenvalue weighted by Crippen LogP contribution is 2.38. The average molecular weight is 493 g/mol. The summed E-state index contributed by atoms with van der Waals surface area (Å²) in [4.78, 5) is 23.7. The van der Waals surface area contributed by atoms with Gasteiger partial charge in [0.05, 0.1) is 17.2 Å². The number of carboxylic acid groups (broad SMARTS) is 1. The van der Waals surface area contributed by atoms with Crippen molar-refractivity contribution in [3.05, 3.63) is 87.9 Å². The second-order valence-corrected chi connectivity index (χ2v) is 7.64. The van der Waals surface area contributed by atoms with Crippen LogP contribution in [-0.4, -0.2) is 28.7 Å². The SMILES string of the molecule is CCOc1cc(/C=C(/C#N)C(=O)Nc2ccc(O)cc2)cc(Cl)c1OCc1cccc(C(=O)O)c1. The van der Waals surface area contributed by atoms with Crippen LogP contribution in [0.3, 0.4) is 0 Å². The van der Waals surface area contributed by atoms with Gasteiger partial charge in [0, 0.05) is 5.69 Å². The van der Waals surface area contributed by atoms with Gasteiger partial charge in [0.25, 0.3) is 5.91 Å². The number of amides is 1. The lowest BCUT2D eigenvalue weighted by Crippen LogP contribution is -2.13. The normalized spacial score (nSPS) is 10.8. The molecule has 0 aliphatic carbocycles. The highest BCUT2D eigenvalue weighted by molar-refractivity contribution is 6.32. The molecule has 0 heterocycles. The van der Waals surface area contributed by atoms with Crippen LogP contribution in [0.2, 0.25) is 5.02 Å². The Bertz CT molecular complexity index is 1310. The van der Waals surface area contributed by atoms with Crippen LogP contribution in [0.15, 0.2) is 66.2 Å². The lowest BCUT2D eigenvalue weighted by Gasteiger charge is -2.15. The Morgan fingerprint density at radius 2 is 1.86 bits per heavy atom. The van der Waals surface area contributed by atoms with Gasteiger partial charge in [-0.15, -0.1) is 0 Å². The van der Waals surface area contributed by atoms with Crippen molar-refractivity contribution in [1.82, 2.24) is 0 Å². The third-order valence-corrected chi connectivity index (χ3v) is 4.97. The van der Waals surface area contributed by atoms with Crippen molar-refractivity contribution in [1.29, 1.82) is 5.26 Å². The van der Waals surface area contributed by atoms with Gasteiger partial charge >= 0.3 is 5.97 Å². The standard InChI is InChI=1S/C26H21ClN2O6/c1-2-34-23-13-17(11-19(14-28)25(31)29-20-6-8-21(30)9-7-20)12-22(27)24(23)35-15-16-4-3-5-18(10-16)26(32)33/h3-13,30H,2,15H2,1H3,(H,29,31)(H,32,33)/b19-11-. The lowest BCUT2D eigenvalue weighted by molar-refractivity contribution is -0.112. The van der Waals surface area contributed by atoms with Crippen LogP contribution >= 0.6 is 11.6 Å². The molecule has 0 fully saturated rings. The zero-order valence-electron chi connectivity index (χ0n) is 18.6. The number of ether oxygens (including phenoxy) is 2. The number of aromatic carboxylic acids is 1. The van der Waals surface area contributed by atoms with Gasteiger partial charge in [-0.05, 0) is 72.7 Å². The van der Waals surface area contributed by atoms with E-state index in [4.69, 9.17) is 26.2 Å². The number of carbonyl (C=O) groups excluding carboxylic acids is 1. The molecule has 0 bridgehead atoms. The van der Waals surface area contributed by atoms with Gasteiger partial charge in [0.1, 0.15) is 24.0 Å². The summed E-state index contributed by atoms with van der Waals surface area (Å²) in [5.74, 6) is -1.07. The molecule has 9 heteroatoms. The van der Waals surface area contributed by atoms with E-state index in [1.165, 1.54) is 48.5 Å². The summed E-state index contributed by atoms with van der Waals surface area (Å²) in [6, 6.07) is 17.1. The number of phenolic OH excluding ortho intramolecular Hbond substituents is 1. The molecule has 3 aromatic rings. The minimum Gasteiger partial charge on any atom is -0.508 e. The molecule has 178 valence electrons. The molecule has 0 aliphatic rings. The van der Waals surface area contributed by atoms with Crippen molar-refractivity contribution in [3.63, 3.8) is 0 Å². The minimum absolute atomic E-state index is 0.0500. The Labute approximate surface area is 206 Å². The topological polar surface area (TPSA) is 129 Å². The zero-order chi connectivity index (χ0) is 25.4. The molecule has 1 amide bonds. The molecule has 0 atom stereocenters. The van der Waals surface area contributed by atoms with Gasteiger partial charge in [-0.3, -0.25) is 4.79 Å². The molecule has 0 saturated heterocycles. The average Bonchev–Trinajstić information content (AvgIpc) is 2.83. The third kappa shape index (κ3) is 6.76. The number of halogens is 1. The second-order valence-electron chi connectivity index (χ2n) is 7.23. The first-order valence-electron chi connectivity index (χ1n) is 10.4. The molecule has 0 unspecified atom stereocenters. The number of nitrogens with zero attached hydrogens (tertiary/aromatic N) is 1. The Hall–Kier alpha value is -4.48. The van der Waals surface area contributed by atoms with E-state index < -0.39 is 11.9 Å². The van der Waals surface area contributed by atoms with Crippen LogP contribution in [0, 0.1) is 11.3 Å². The van der Waals surface area contributed by atoms with E-state index in [1.807, 2.05) is 6.07 Å². The molecule has 0 radical (unpaired) electrons. The van der Waals surface area contributed by atoms with Crippen molar-refractivity contribution in [2.24, 2.45) is 0 Å². The smallest absolute Gasteiger partial charge is 0.335 e. The maximum atomic E-state index is 12.5. The van der Waals surface area contributed by atoms with E-state index in [1.54, 1.807) is 25.1 Å². The summed E-state index contributed by atoms with van der Waals surface area (Å²) in [5, 5.41) is 30.8. The van der Waals surface area contributed by atoms with Crippen LogP contribution < -0.4 is 14.8 Å². The largest absolute Gasteiger partial charge is 0.508 e. The maximum absolute atomic E-state index is 12.5. The number of carboxylic acids is 1. The number of benzene rings is 3. The van der Waals surface area contributed by atoms with Crippen LogP contribution in [0.1, 0.15) is 28.4 Å². The van der Waals surface area contributed by atoms with Crippen molar-refractivity contribution >= 4 is 35.2 Å². The molecular weight excluding hydrogens is 472 g/mol. The van der Waals surface area contributed by atoms with Gasteiger partial charge in [0.15, 0.2) is 11.5 Å². The first-order valence-corrected chi connectivity index (χ1v) is 10.8. The van der Waals surface area contributed by atoms with Crippen molar-refractivity contribution in [3.8, 4) is 23.3 Å². The number of aromatic hydroxyl groups is 1. The Morgan fingerprint density at radius 3 is 2.51 bits per heavy atom. The summed E-state index contributed by atoms with van der Waals surface area (Å²) >= 11 is 6.43. The number of nitrogens with one attached hydrogen (secondary N) is 1.